The highest BCUT2D eigenvalue weighted by molar-refractivity contribution is 6.09. The number of H-pyrrole nitrogens is 1. The standard InChI is InChI=1S/C28H28N4O3/c1-17-13-23(19(3)32(17)18(2)20-9-5-4-6-10-20)26(33)16-31-27(34)25(30-28(31)35)14-21-15-29-24-12-8-7-11-22(21)24/h4-13,15,18,25,29H,14,16H2,1-3H3,(H,30,35)/t18-,25-/m0/s1. The first-order valence-corrected chi connectivity index (χ1v) is 11.8. The minimum Gasteiger partial charge on any atom is -0.361 e. The first-order chi connectivity index (χ1) is 16.8. The number of Topliss-reactive ketones (excluding diaryl/α,β-unsaturated/α-hetero) is 1. The fraction of sp³-hybridized carbons (Fsp3) is 0.250. The fourth-order valence-corrected chi connectivity index (χ4v) is 5.15. The van der Waals surface area contributed by atoms with E-state index in [4.69, 9.17) is 0 Å². The minimum absolute atomic E-state index is 0.0509. The number of nitrogens with zero attached hydrogens (tertiary/aromatic N) is 2. The second-order valence-corrected chi connectivity index (χ2v) is 9.15. The van der Waals surface area contributed by atoms with Crippen LogP contribution in [0, 0.1) is 13.8 Å². The SMILES string of the molecule is Cc1cc(C(=O)CN2C(=O)N[C@@H](Cc3c[nH]c4ccccc34)C2=O)c(C)n1[C@@H](C)c1ccccc1. The van der Waals surface area contributed by atoms with Gasteiger partial charge in [-0.25, -0.2) is 4.79 Å². The average molecular weight is 469 g/mol. The maximum absolute atomic E-state index is 13.2. The maximum Gasteiger partial charge on any atom is 0.325 e. The highest BCUT2D eigenvalue weighted by atomic mass is 16.2. The lowest BCUT2D eigenvalue weighted by molar-refractivity contribution is -0.127. The van der Waals surface area contributed by atoms with Crippen molar-refractivity contribution in [3.8, 4) is 0 Å². The number of benzene rings is 2. The van der Waals surface area contributed by atoms with E-state index in [1.807, 2.05) is 68.6 Å². The smallest absolute Gasteiger partial charge is 0.325 e. The number of hydrogen-bond acceptors (Lipinski definition) is 3. The number of ketones is 1. The van der Waals surface area contributed by atoms with Crippen LogP contribution >= 0.6 is 0 Å². The lowest BCUT2D eigenvalue weighted by Gasteiger charge is -2.19. The number of aromatic amines is 1. The van der Waals surface area contributed by atoms with Crippen LogP contribution in [0.4, 0.5) is 4.79 Å². The molecule has 0 aliphatic carbocycles. The molecule has 7 heteroatoms. The minimum atomic E-state index is -0.694. The topological polar surface area (TPSA) is 87.2 Å². The van der Waals surface area contributed by atoms with Gasteiger partial charge in [0.25, 0.3) is 5.91 Å². The molecule has 4 aromatic rings. The summed E-state index contributed by atoms with van der Waals surface area (Å²) in [6.07, 6.45) is 2.23. The molecule has 0 unspecified atom stereocenters. The number of aryl methyl sites for hydroxylation is 1. The molecule has 0 saturated carbocycles. The van der Waals surface area contributed by atoms with Gasteiger partial charge in [-0.1, -0.05) is 48.5 Å². The molecule has 1 fully saturated rings. The Balaban J connectivity index is 1.33. The lowest BCUT2D eigenvalue weighted by Crippen LogP contribution is -2.36. The van der Waals surface area contributed by atoms with Crippen molar-refractivity contribution in [3.63, 3.8) is 0 Å². The Labute approximate surface area is 203 Å². The van der Waals surface area contributed by atoms with Crippen molar-refractivity contribution in [3.05, 3.63) is 94.9 Å². The summed E-state index contributed by atoms with van der Waals surface area (Å²) in [7, 11) is 0. The van der Waals surface area contributed by atoms with Gasteiger partial charge in [0.2, 0.25) is 0 Å². The van der Waals surface area contributed by atoms with E-state index in [1.165, 1.54) is 0 Å². The van der Waals surface area contributed by atoms with Gasteiger partial charge in [0.15, 0.2) is 5.78 Å². The first-order valence-electron chi connectivity index (χ1n) is 11.8. The highest BCUT2D eigenvalue weighted by Gasteiger charge is 2.39. The third kappa shape index (κ3) is 4.03. The van der Waals surface area contributed by atoms with E-state index in [1.54, 1.807) is 0 Å². The summed E-state index contributed by atoms with van der Waals surface area (Å²) < 4.78 is 2.12. The van der Waals surface area contributed by atoms with E-state index < -0.39 is 12.1 Å². The molecule has 1 aliphatic heterocycles. The number of amides is 3. The van der Waals surface area contributed by atoms with Crippen molar-refractivity contribution in [2.24, 2.45) is 0 Å². The monoisotopic (exact) mass is 468 g/mol. The van der Waals surface area contributed by atoms with Crippen LogP contribution in [0.15, 0.2) is 66.9 Å². The number of urea groups is 1. The van der Waals surface area contributed by atoms with Gasteiger partial charge in [-0.3, -0.25) is 14.5 Å². The zero-order chi connectivity index (χ0) is 24.7. The number of para-hydroxylation sites is 1. The molecule has 0 radical (unpaired) electrons. The average Bonchev–Trinajstić information content (AvgIpc) is 3.49. The van der Waals surface area contributed by atoms with E-state index >= 15 is 0 Å². The Morgan fingerprint density at radius 3 is 2.51 bits per heavy atom. The molecule has 2 N–H and O–H groups in total. The molecule has 7 nitrogen and oxygen atoms in total. The van der Waals surface area contributed by atoms with Gasteiger partial charge in [0.1, 0.15) is 6.04 Å². The predicted octanol–water partition coefficient (Wildman–Crippen LogP) is 4.54. The van der Waals surface area contributed by atoms with Crippen molar-refractivity contribution in [1.82, 2.24) is 19.8 Å². The molecule has 3 amide bonds. The van der Waals surface area contributed by atoms with E-state index in [0.29, 0.717) is 12.0 Å². The Kier molecular flexibility index (Phi) is 5.76. The second-order valence-electron chi connectivity index (χ2n) is 9.15. The van der Waals surface area contributed by atoms with Gasteiger partial charge in [-0.05, 0) is 44.0 Å². The van der Waals surface area contributed by atoms with Gasteiger partial charge in [-0.15, -0.1) is 0 Å². The Bertz CT molecular complexity index is 1430. The summed E-state index contributed by atoms with van der Waals surface area (Å²) in [6, 6.07) is 18.6. The number of fused-ring (bicyclic) bond motifs is 1. The molecule has 2 atom stereocenters. The van der Waals surface area contributed by atoms with Gasteiger partial charge in [0.05, 0.1) is 12.6 Å². The summed E-state index contributed by atoms with van der Waals surface area (Å²) in [6.45, 7) is 5.69. The van der Waals surface area contributed by atoms with Crippen LogP contribution in [0.25, 0.3) is 10.9 Å². The van der Waals surface area contributed by atoms with E-state index in [-0.39, 0.29) is 24.3 Å². The molecule has 178 valence electrons. The Morgan fingerprint density at radius 2 is 1.74 bits per heavy atom. The summed E-state index contributed by atoms with van der Waals surface area (Å²) in [4.78, 5) is 43.2. The Morgan fingerprint density at radius 1 is 1.03 bits per heavy atom. The molecule has 0 spiro atoms. The zero-order valence-electron chi connectivity index (χ0n) is 20.0. The van der Waals surface area contributed by atoms with Crippen LogP contribution in [-0.2, 0) is 11.2 Å². The van der Waals surface area contributed by atoms with Gasteiger partial charge in [0, 0.05) is 40.5 Å². The third-order valence-electron chi connectivity index (χ3n) is 6.96. The van der Waals surface area contributed by atoms with Gasteiger partial charge in [-0.2, -0.15) is 0 Å². The van der Waals surface area contributed by atoms with Crippen molar-refractivity contribution in [2.45, 2.75) is 39.3 Å². The molecule has 2 aromatic carbocycles. The normalized spacial score (nSPS) is 16.7. The van der Waals surface area contributed by atoms with Crippen LogP contribution in [0.2, 0.25) is 0 Å². The van der Waals surface area contributed by atoms with Gasteiger partial charge >= 0.3 is 6.03 Å². The molecule has 0 bridgehead atoms. The molecule has 2 aromatic heterocycles. The number of rotatable bonds is 7. The molecule has 1 aliphatic rings. The number of carbonyl (C=O) groups is 3. The van der Waals surface area contributed by atoms with Crippen molar-refractivity contribution >= 4 is 28.6 Å². The van der Waals surface area contributed by atoms with Gasteiger partial charge < -0.3 is 14.9 Å². The first kappa shape index (κ1) is 22.7. The van der Waals surface area contributed by atoms with Crippen LogP contribution in [0.1, 0.15) is 45.8 Å². The maximum atomic E-state index is 13.2. The van der Waals surface area contributed by atoms with Crippen LogP contribution in [0.5, 0.6) is 0 Å². The van der Waals surface area contributed by atoms with Crippen LogP contribution in [0.3, 0.4) is 0 Å². The lowest BCUT2D eigenvalue weighted by atomic mass is 10.0. The summed E-state index contributed by atoms with van der Waals surface area (Å²) >= 11 is 0. The molecule has 1 saturated heterocycles. The van der Waals surface area contributed by atoms with Crippen molar-refractivity contribution in [1.29, 1.82) is 0 Å². The molecule has 35 heavy (non-hydrogen) atoms. The van der Waals surface area contributed by atoms with Crippen molar-refractivity contribution in [2.75, 3.05) is 6.54 Å². The number of imide groups is 1. The number of hydrogen-bond donors (Lipinski definition) is 2. The predicted molar refractivity (Wildman–Crippen MR) is 135 cm³/mol. The summed E-state index contributed by atoms with van der Waals surface area (Å²) in [5, 5.41) is 3.77. The van der Waals surface area contributed by atoms with E-state index in [0.717, 1.165) is 38.3 Å². The number of nitrogens with one attached hydrogen (secondary N) is 2. The fourth-order valence-electron chi connectivity index (χ4n) is 5.15. The second kappa shape index (κ2) is 8.91. The molecular weight excluding hydrogens is 440 g/mol. The Hall–Kier alpha value is -4.13. The van der Waals surface area contributed by atoms with E-state index in [2.05, 4.69) is 33.9 Å². The summed E-state index contributed by atoms with van der Waals surface area (Å²) in [5.41, 5.74) is 5.38. The molecule has 5 rings (SSSR count). The highest BCUT2D eigenvalue weighted by Crippen LogP contribution is 2.26. The quantitative estimate of drug-likeness (QED) is 0.308. The third-order valence-corrected chi connectivity index (χ3v) is 6.96. The van der Waals surface area contributed by atoms with Crippen LogP contribution in [-0.4, -0.2) is 44.8 Å². The molecule has 3 heterocycles. The number of carbonyl (C=O) groups excluding carboxylic acids is 3. The van der Waals surface area contributed by atoms with Crippen molar-refractivity contribution < 1.29 is 14.4 Å². The van der Waals surface area contributed by atoms with E-state index in [9.17, 15) is 14.4 Å². The largest absolute Gasteiger partial charge is 0.361 e. The van der Waals surface area contributed by atoms with Crippen LogP contribution < -0.4 is 5.32 Å². The zero-order valence-corrected chi connectivity index (χ0v) is 20.0. The molecular formula is C28H28N4O3. The summed E-state index contributed by atoms with van der Waals surface area (Å²) in [5.74, 6) is -0.624. The number of aromatic nitrogens is 2.